The van der Waals surface area contributed by atoms with E-state index in [1.807, 2.05) is 0 Å². The van der Waals surface area contributed by atoms with Crippen molar-refractivity contribution in [3.63, 3.8) is 0 Å². The molecule has 160 valence electrons. The summed E-state index contributed by atoms with van der Waals surface area (Å²) in [6, 6.07) is 11.9. The van der Waals surface area contributed by atoms with E-state index in [9.17, 15) is 22.8 Å². The van der Waals surface area contributed by atoms with Gasteiger partial charge in [-0.05, 0) is 23.8 Å². The maximum Gasteiger partial charge on any atom is 0.416 e. The third-order valence-electron chi connectivity index (χ3n) is 4.20. The summed E-state index contributed by atoms with van der Waals surface area (Å²) in [5.74, 6) is -1.83. The Morgan fingerprint density at radius 2 is 1.71 bits per heavy atom. The number of primary amides is 2. The number of hydrogen-bond acceptors (Lipinski definition) is 6. The Morgan fingerprint density at radius 3 is 2.32 bits per heavy atom. The van der Waals surface area contributed by atoms with E-state index >= 15 is 0 Å². The lowest BCUT2D eigenvalue weighted by Gasteiger charge is -2.17. The molecule has 31 heavy (non-hydrogen) atoms. The van der Waals surface area contributed by atoms with Crippen molar-refractivity contribution in [3.8, 4) is 0 Å². The summed E-state index contributed by atoms with van der Waals surface area (Å²) in [6.07, 6.45) is -3.45. The Morgan fingerprint density at radius 1 is 1.00 bits per heavy atom. The smallest absolute Gasteiger partial charge is 0.368 e. The fraction of sp³-hybridized carbons (Fsp3) is 0.100. The number of carbonyl (C=O) groups excluding carboxylic acids is 2. The van der Waals surface area contributed by atoms with Crippen LogP contribution in [0.4, 0.5) is 30.6 Å². The van der Waals surface area contributed by atoms with Crippen molar-refractivity contribution in [2.75, 3.05) is 10.6 Å². The monoisotopic (exact) mass is 430 g/mol. The predicted octanol–water partition coefficient (Wildman–Crippen LogP) is 2.98. The number of nitrogens with zero attached hydrogens (tertiary/aromatic N) is 2. The lowest BCUT2D eigenvalue weighted by Crippen LogP contribution is -2.28. The average molecular weight is 430 g/mol. The van der Waals surface area contributed by atoms with E-state index in [1.54, 1.807) is 30.3 Å². The van der Waals surface area contributed by atoms with Crippen LogP contribution >= 0.6 is 0 Å². The minimum Gasteiger partial charge on any atom is -0.368 e. The molecule has 2 aromatic carbocycles. The molecule has 0 aliphatic rings. The highest BCUT2D eigenvalue weighted by Crippen LogP contribution is 2.31. The summed E-state index contributed by atoms with van der Waals surface area (Å²) < 4.78 is 38.9. The molecule has 1 heterocycles. The van der Waals surface area contributed by atoms with Crippen LogP contribution in [0.1, 0.15) is 27.5 Å². The molecule has 2 amide bonds. The van der Waals surface area contributed by atoms with E-state index in [0.717, 1.165) is 18.3 Å². The fourth-order valence-corrected chi connectivity index (χ4v) is 2.73. The number of halogens is 3. The van der Waals surface area contributed by atoms with Gasteiger partial charge in [0.15, 0.2) is 0 Å². The number of benzene rings is 2. The van der Waals surface area contributed by atoms with Crippen molar-refractivity contribution < 1.29 is 22.8 Å². The zero-order valence-corrected chi connectivity index (χ0v) is 15.9. The second kappa shape index (κ2) is 8.69. The van der Waals surface area contributed by atoms with Crippen molar-refractivity contribution in [2.24, 2.45) is 11.5 Å². The summed E-state index contributed by atoms with van der Waals surface area (Å²) in [5, 5.41) is 5.39. The minimum atomic E-state index is -4.55. The number of hydrogen-bond donors (Lipinski definition) is 4. The lowest BCUT2D eigenvalue weighted by molar-refractivity contribution is -0.137. The van der Waals surface area contributed by atoms with Gasteiger partial charge in [0, 0.05) is 11.9 Å². The lowest BCUT2D eigenvalue weighted by atomic mass is 10.1. The molecule has 0 fully saturated rings. The number of amides is 2. The molecule has 0 saturated heterocycles. The van der Waals surface area contributed by atoms with Crippen molar-refractivity contribution in [2.45, 2.75) is 12.2 Å². The van der Waals surface area contributed by atoms with Crippen LogP contribution in [0.25, 0.3) is 0 Å². The Labute approximate surface area is 174 Å². The molecule has 0 aliphatic carbocycles. The quantitative estimate of drug-likeness (QED) is 0.455. The first-order valence-corrected chi connectivity index (χ1v) is 8.87. The van der Waals surface area contributed by atoms with Gasteiger partial charge < -0.3 is 22.1 Å². The summed E-state index contributed by atoms with van der Waals surface area (Å²) in [5.41, 5.74) is 10.3. The van der Waals surface area contributed by atoms with Crippen LogP contribution in [0, 0.1) is 0 Å². The van der Waals surface area contributed by atoms with E-state index in [-0.39, 0.29) is 23.0 Å². The molecular weight excluding hydrogens is 413 g/mol. The van der Waals surface area contributed by atoms with Crippen LogP contribution in [0.3, 0.4) is 0 Å². The normalized spacial score (nSPS) is 12.1. The van der Waals surface area contributed by atoms with Gasteiger partial charge in [-0.2, -0.15) is 18.2 Å². The number of nitrogens with two attached hydrogens (primary N) is 2. The van der Waals surface area contributed by atoms with Crippen LogP contribution in [-0.4, -0.2) is 21.8 Å². The van der Waals surface area contributed by atoms with Gasteiger partial charge in [-0.15, -0.1) is 0 Å². The molecular formula is C20H17F3N6O2. The van der Waals surface area contributed by atoms with Crippen molar-refractivity contribution in [1.29, 1.82) is 0 Å². The molecule has 1 atom stereocenters. The molecule has 0 radical (unpaired) electrons. The summed E-state index contributed by atoms with van der Waals surface area (Å²) >= 11 is 0. The molecule has 3 rings (SSSR count). The van der Waals surface area contributed by atoms with E-state index in [4.69, 9.17) is 11.5 Å². The second-order valence-electron chi connectivity index (χ2n) is 6.41. The average Bonchev–Trinajstić information content (AvgIpc) is 2.72. The number of carbonyl (C=O) groups is 2. The van der Waals surface area contributed by atoms with Crippen LogP contribution in [-0.2, 0) is 11.0 Å². The number of nitrogens with one attached hydrogen (secondary N) is 2. The van der Waals surface area contributed by atoms with Gasteiger partial charge in [0.2, 0.25) is 11.9 Å². The van der Waals surface area contributed by atoms with E-state index in [0.29, 0.717) is 5.56 Å². The minimum absolute atomic E-state index is 0.0245. The van der Waals surface area contributed by atoms with Gasteiger partial charge in [0.05, 0.1) is 5.56 Å². The molecule has 11 heteroatoms. The highest BCUT2D eigenvalue weighted by molar-refractivity contribution is 5.98. The molecule has 6 N–H and O–H groups in total. The van der Waals surface area contributed by atoms with Crippen molar-refractivity contribution in [1.82, 2.24) is 9.97 Å². The highest BCUT2D eigenvalue weighted by atomic mass is 19.4. The maximum absolute atomic E-state index is 13.0. The first kappa shape index (κ1) is 21.6. The van der Waals surface area contributed by atoms with Crippen LogP contribution in [0.5, 0.6) is 0 Å². The Hall–Kier alpha value is -4.15. The van der Waals surface area contributed by atoms with Gasteiger partial charge in [0.1, 0.15) is 17.4 Å². The van der Waals surface area contributed by atoms with Crippen molar-refractivity contribution in [3.05, 3.63) is 77.5 Å². The van der Waals surface area contributed by atoms with Crippen LogP contribution < -0.4 is 22.1 Å². The molecule has 8 nitrogen and oxygen atoms in total. The summed E-state index contributed by atoms with van der Waals surface area (Å²) in [7, 11) is 0. The van der Waals surface area contributed by atoms with Gasteiger partial charge in [-0.3, -0.25) is 9.59 Å². The molecule has 0 aliphatic heterocycles. The number of aromatic nitrogens is 2. The number of alkyl halides is 3. The summed E-state index contributed by atoms with van der Waals surface area (Å²) in [6.45, 7) is 0. The Balaban J connectivity index is 1.95. The zero-order valence-electron chi connectivity index (χ0n) is 15.9. The SMILES string of the molecule is NC(=O)c1cnc(N[C@@H](C(N)=O)c2ccccc2)nc1Nc1cccc(C(F)(F)F)c1. The van der Waals surface area contributed by atoms with Crippen molar-refractivity contribution >= 4 is 29.3 Å². The fourth-order valence-electron chi connectivity index (χ4n) is 2.73. The van der Waals surface area contributed by atoms with E-state index in [1.165, 1.54) is 12.1 Å². The van der Waals surface area contributed by atoms with Gasteiger partial charge in [-0.25, -0.2) is 4.98 Å². The standard InChI is InChI=1S/C20H17F3N6O2/c21-20(22,23)12-7-4-8-13(9-12)27-18-14(16(24)30)10-26-19(29-18)28-15(17(25)31)11-5-2-1-3-6-11/h1-10,15H,(H2,24,30)(H2,25,31)(H2,26,27,28,29)/t15-/m1/s1. The molecule has 0 saturated carbocycles. The zero-order chi connectivity index (χ0) is 22.6. The van der Waals surface area contributed by atoms with Crippen LogP contribution in [0.15, 0.2) is 60.8 Å². The molecule has 0 bridgehead atoms. The molecule has 3 aromatic rings. The van der Waals surface area contributed by atoms with Gasteiger partial charge in [0.25, 0.3) is 5.91 Å². The van der Waals surface area contributed by atoms with Gasteiger partial charge in [-0.1, -0.05) is 36.4 Å². The second-order valence-corrected chi connectivity index (χ2v) is 6.41. The first-order valence-electron chi connectivity index (χ1n) is 8.87. The predicted molar refractivity (Wildman–Crippen MR) is 107 cm³/mol. The third kappa shape index (κ3) is 5.26. The van der Waals surface area contributed by atoms with E-state index in [2.05, 4.69) is 20.6 Å². The first-order chi connectivity index (χ1) is 14.6. The van der Waals surface area contributed by atoms with Crippen LogP contribution in [0.2, 0.25) is 0 Å². The highest BCUT2D eigenvalue weighted by Gasteiger charge is 2.30. The van der Waals surface area contributed by atoms with E-state index < -0.39 is 29.6 Å². The Bertz CT molecular complexity index is 1110. The number of anilines is 3. The third-order valence-corrected chi connectivity index (χ3v) is 4.20. The summed E-state index contributed by atoms with van der Waals surface area (Å²) in [4.78, 5) is 31.7. The Kier molecular flexibility index (Phi) is 6.05. The molecule has 0 spiro atoms. The largest absolute Gasteiger partial charge is 0.416 e. The topological polar surface area (TPSA) is 136 Å². The van der Waals surface area contributed by atoms with Gasteiger partial charge >= 0.3 is 6.18 Å². The molecule has 1 aromatic heterocycles. The number of rotatable bonds is 7. The molecule has 0 unspecified atom stereocenters. The maximum atomic E-state index is 13.0.